The van der Waals surface area contributed by atoms with Gasteiger partial charge in [0.1, 0.15) is 16.5 Å². The number of aromatic nitrogens is 2. The molecule has 0 saturated heterocycles. The van der Waals surface area contributed by atoms with Gasteiger partial charge in [-0.25, -0.2) is 31.0 Å². The number of sulfone groups is 1. The lowest BCUT2D eigenvalue weighted by Crippen LogP contribution is -2.05. The highest BCUT2D eigenvalue weighted by molar-refractivity contribution is 9.11. The second kappa shape index (κ2) is 7.60. The smallest absolute Gasteiger partial charge is 0.295 e. The number of imidazole rings is 1. The molecule has 11 heteroatoms. The highest BCUT2D eigenvalue weighted by Gasteiger charge is 2.25. The molecule has 1 heterocycles. The Hall–Kier alpha value is -1.72. The molecule has 0 aliphatic rings. The number of nitrogens with zero attached hydrogens (tertiary/aromatic N) is 1. The summed E-state index contributed by atoms with van der Waals surface area (Å²) in [6.45, 7) is 0. The van der Waals surface area contributed by atoms with Crippen molar-refractivity contribution in [3.05, 3.63) is 56.7 Å². The van der Waals surface area contributed by atoms with E-state index in [9.17, 15) is 26.0 Å². The molecule has 1 aromatic heterocycles. The van der Waals surface area contributed by atoms with Crippen LogP contribution in [0.25, 0.3) is 22.5 Å². The van der Waals surface area contributed by atoms with Crippen molar-refractivity contribution in [1.82, 2.24) is 9.97 Å². The number of hydrogen-bond donors (Lipinski definition) is 1. The average molecular weight is 542 g/mol. The quantitative estimate of drug-likeness (QED) is 0.419. The summed E-state index contributed by atoms with van der Waals surface area (Å²) < 4.78 is 79.4. The lowest BCUT2D eigenvalue weighted by Gasteiger charge is -2.08. The fourth-order valence-electron chi connectivity index (χ4n) is 2.66. The van der Waals surface area contributed by atoms with Crippen molar-refractivity contribution in [3.8, 4) is 22.5 Å². The molecular weight excluding hydrogens is 532 g/mol. The summed E-state index contributed by atoms with van der Waals surface area (Å²) in [5, 5.41) is 0. The molecule has 0 amide bonds. The molecule has 0 spiro atoms. The molecule has 1 N–H and O–H groups in total. The Morgan fingerprint density at radius 2 is 1.50 bits per heavy atom. The Balaban J connectivity index is 2.28. The topological polar surface area (TPSA) is 62.8 Å². The number of rotatable bonds is 4. The van der Waals surface area contributed by atoms with Crippen LogP contribution >= 0.6 is 31.9 Å². The molecule has 2 aromatic carbocycles. The standard InChI is InChI=1S/C17H10Br2F4N2O2S/c1-28(26,27)15-11(20)4-8(5-12(15)21)14-13(24-17(25-14)16(22)23)7-2-9(18)6-10(19)3-7/h2-6,16H,1H3,(H,24,25). The second-order valence-electron chi connectivity index (χ2n) is 5.85. The normalized spacial score (nSPS) is 12.0. The van der Waals surface area contributed by atoms with E-state index in [0.717, 1.165) is 12.1 Å². The number of H-pyrrole nitrogens is 1. The number of halogens is 6. The van der Waals surface area contributed by atoms with Crippen LogP contribution in [0.5, 0.6) is 0 Å². The minimum atomic E-state index is -4.15. The first-order valence-electron chi connectivity index (χ1n) is 7.51. The molecule has 0 aliphatic heterocycles. The van der Waals surface area contributed by atoms with E-state index in [-0.39, 0.29) is 17.0 Å². The first-order valence-corrected chi connectivity index (χ1v) is 11.0. The molecule has 148 valence electrons. The summed E-state index contributed by atoms with van der Waals surface area (Å²) >= 11 is 6.56. The van der Waals surface area contributed by atoms with Gasteiger partial charge < -0.3 is 4.98 Å². The van der Waals surface area contributed by atoms with Crippen molar-refractivity contribution in [2.75, 3.05) is 6.26 Å². The molecular formula is C17H10Br2F4N2O2S. The van der Waals surface area contributed by atoms with Crippen LogP contribution in [-0.4, -0.2) is 24.6 Å². The van der Waals surface area contributed by atoms with E-state index in [1.165, 1.54) is 0 Å². The highest BCUT2D eigenvalue weighted by atomic mass is 79.9. The Bertz CT molecular complexity index is 1140. The van der Waals surface area contributed by atoms with E-state index in [1.54, 1.807) is 18.2 Å². The Morgan fingerprint density at radius 1 is 0.964 bits per heavy atom. The summed E-state index contributed by atoms with van der Waals surface area (Å²) in [6.07, 6.45) is -2.28. The van der Waals surface area contributed by atoms with Gasteiger partial charge in [0.15, 0.2) is 15.7 Å². The largest absolute Gasteiger partial charge is 0.337 e. The van der Waals surface area contributed by atoms with Crippen molar-refractivity contribution < 1.29 is 26.0 Å². The second-order valence-corrected chi connectivity index (χ2v) is 9.63. The van der Waals surface area contributed by atoms with Crippen LogP contribution in [0.2, 0.25) is 0 Å². The molecule has 3 rings (SSSR count). The van der Waals surface area contributed by atoms with Gasteiger partial charge in [0.05, 0.1) is 11.4 Å². The molecule has 0 bridgehead atoms. The predicted octanol–water partition coefficient (Wildman–Crippen LogP) is 5.89. The van der Waals surface area contributed by atoms with Gasteiger partial charge in [-0.2, -0.15) is 0 Å². The predicted molar refractivity (Wildman–Crippen MR) is 103 cm³/mol. The molecule has 0 atom stereocenters. The molecule has 0 unspecified atom stereocenters. The van der Waals surface area contributed by atoms with Gasteiger partial charge in [0.25, 0.3) is 6.43 Å². The van der Waals surface area contributed by atoms with Crippen molar-refractivity contribution in [2.24, 2.45) is 0 Å². The zero-order valence-electron chi connectivity index (χ0n) is 13.9. The third-order valence-corrected chi connectivity index (χ3v) is 5.77. The third kappa shape index (κ3) is 4.15. The summed E-state index contributed by atoms with van der Waals surface area (Å²) in [4.78, 5) is 5.15. The highest BCUT2D eigenvalue weighted by Crippen LogP contribution is 2.36. The molecule has 0 fully saturated rings. The van der Waals surface area contributed by atoms with E-state index in [1.807, 2.05) is 0 Å². The number of benzene rings is 2. The van der Waals surface area contributed by atoms with Crippen LogP contribution in [-0.2, 0) is 9.84 Å². The van der Waals surface area contributed by atoms with E-state index in [4.69, 9.17) is 0 Å². The Kier molecular flexibility index (Phi) is 5.70. The number of aromatic amines is 1. The van der Waals surface area contributed by atoms with E-state index >= 15 is 0 Å². The van der Waals surface area contributed by atoms with Gasteiger partial charge in [0.2, 0.25) is 0 Å². The molecule has 0 aliphatic carbocycles. The van der Waals surface area contributed by atoms with Gasteiger partial charge in [-0.1, -0.05) is 31.9 Å². The molecule has 0 saturated carbocycles. The summed E-state index contributed by atoms with van der Waals surface area (Å²) in [5.41, 5.74) is 0.196. The van der Waals surface area contributed by atoms with Crippen molar-refractivity contribution in [3.63, 3.8) is 0 Å². The Morgan fingerprint density at radius 3 is 1.96 bits per heavy atom. The minimum Gasteiger partial charge on any atom is -0.337 e. The van der Waals surface area contributed by atoms with E-state index in [0.29, 0.717) is 20.8 Å². The summed E-state index contributed by atoms with van der Waals surface area (Å²) in [5.74, 6) is -3.34. The summed E-state index contributed by atoms with van der Waals surface area (Å²) in [7, 11) is -4.15. The maximum Gasteiger partial charge on any atom is 0.295 e. The van der Waals surface area contributed by atoms with E-state index in [2.05, 4.69) is 41.8 Å². The van der Waals surface area contributed by atoms with Crippen LogP contribution < -0.4 is 0 Å². The van der Waals surface area contributed by atoms with Crippen molar-refractivity contribution >= 4 is 41.7 Å². The first kappa shape index (κ1) is 21.0. The zero-order valence-corrected chi connectivity index (χ0v) is 17.9. The van der Waals surface area contributed by atoms with Crippen LogP contribution in [0.1, 0.15) is 12.2 Å². The third-order valence-electron chi connectivity index (χ3n) is 3.72. The molecule has 28 heavy (non-hydrogen) atoms. The number of alkyl halides is 2. The zero-order chi connectivity index (χ0) is 20.8. The molecule has 3 aromatic rings. The fraction of sp³-hybridized carbons (Fsp3) is 0.118. The maximum atomic E-state index is 14.3. The number of nitrogens with one attached hydrogen (secondary N) is 1. The van der Waals surface area contributed by atoms with Crippen LogP contribution in [0.3, 0.4) is 0 Å². The van der Waals surface area contributed by atoms with Crippen molar-refractivity contribution in [2.45, 2.75) is 11.3 Å². The summed E-state index contributed by atoms with van der Waals surface area (Å²) in [6, 6.07) is 6.43. The SMILES string of the molecule is CS(=O)(=O)c1c(F)cc(-c2[nH]c(C(F)F)nc2-c2cc(Br)cc(Br)c2)cc1F. The lowest BCUT2D eigenvalue weighted by atomic mass is 10.0. The fourth-order valence-corrected chi connectivity index (χ4v) is 4.78. The van der Waals surface area contributed by atoms with Crippen LogP contribution in [0.15, 0.2) is 44.2 Å². The van der Waals surface area contributed by atoms with Gasteiger partial charge >= 0.3 is 0 Å². The Labute approximate surface area is 174 Å². The monoisotopic (exact) mass is 540 g/mol. The van der Waals surface area contributed by atoms with Gasteiger partial charge in [-0.15, -0.1) is 0 Å². The lowest BCUT2D eigenvalue weighted by molar-refractivity contribution is 0.141. The van der Waals surface area contributed by atoms with E-state index < -0.39 is 38.6 Å². The molecule has 0 radical (unpaired) electrons. The van der Waals surface area contributed by atoms with Crippen LogP contribution in [0, 0.1) is 11.6 Å². The number of hydrogen-bond acceptors (Lipinski definition) is 3. The minimum absolute atomic E-state index is 0.0307. The maximum absolute atomic E-state index is 14.3. The molecule has 4 nitrogen and oxygen atoms in total. The average Bonchev–Trinajstić information content (AvgIpc) is 2.97. The first-order chi connectivity index (χ1) is 13.0. The van der Waals surface area contributed by atoms with Gasteiger partial charge in [0, 0.05) is 26.3 Å². The van der Waals surface area contributed by atoms with Gasteiger partial charge in [-0.3, -0.25) is 0 Å². The van der Waals surface area contributed by atoms with Crippen LogP contribution in [0.4, 0.5) is 17.6 Å². The van der Waals surface area contributed by atoms with Crippen molar-refractivity contribution in [1.29, 1.82) is 0 Å². The van der Waals surface area contributed by atoms with Gasteiger partial charge in [-0.05, 0) is 30.3 Å².